The number of fused-ring (bicyclic) bond motifs is 4. The van der Waals surface area contributed by atoms with Crippen molar-refractivity contribution in [2.75, 3.05) is 0 Å². The third-order valence-electron chi connectivity index (χ3n) is 4.70. The number of thiophene rings is 1. The van der Waals surface area contributed by atoms with E-state index in [4.69, 9.17) is 4.98 Å². The highest BCUT2D eigenvalue weighted by Crippen LogP contribution is 2.44. The lowest BCUT2D eigenvalue weighted by Crippen LogP contribution is -1.79. The van der Waals surface area contributed by atoms with Gasteiger partial charge in [0.1, 0.15) is 0 Å². The van der Waals surface area contributed by atoms with Gasteiger partial charge in [0.2, 0.25) is 0 Å². The first-order valence-electron chi connectivity index (χ1n) is 7.90. The van der Waals surface area contributed by atoms with Crippen LogP contribution in [0.2, 0.25) is 0 Å². The molecule has 6 aromatic rings. The van der Waals surface area contributed by atoms with E-state index in [-0.39, 0.29) is 0 Å². The largest absolute Gasteiger partial charge is 0.254 e. The van der Waals surface area contributed by atoms with E-state index in [1.807, 2.05) is 28.9 Å². The molecule has 0 spiro atoms. The SMILES string of the molecule is c1ccc2c(c1)cnc1c3cccc4sc5cccc(sc21)c5c43. The van der Waals surface area contributed by atoms with Gasteiger partial charge < -0.3 is 0 Å². The van der Waals surface area contributed by atoms with Crippen molar-refractivity contribution >= 4 is 73.9 Å². The molecule has 0 N–H and O–H groups in total. The Kier molecular flexibility index (Phi) is 2.43. The van der Waals surface area contributed by atoms with Crippen LogP contribution in [0.4, 0.5) is 0 Å². The van der Waals surface area contributed by atoms with Gasteiger partial charge in [-0.2, -0.15) is 0 Å². The van der Waals surface area contributed by atoms with Gasteiger partial charge in [-0.15, -0.1) is 22.7 Å². The molecule has 3 aromatic carbocycles. The van der Waals surface area contributed by atoms with Crippen molar-refractivity contribution in [3.05, 3.63) is 66.9 Å². The van der Waals surface area contributed by atoms with Crippen molar-refractivity contribution in [3.63, 3.8) is 0 Å². The average Bonchev–Trinajstić information content (AvgIpc) is 2.94. The summed E-state index contributed by atoms with van der Waals surface area (Å²) in [7, 11) is 0. The lowest BCUT2D eigenvalue weighted by Gasteiger charge is -2.01. The van der Waals surface area contributed by atoms with Gasteiger partial charge in [0.15, 0.2) is 0 Å². The molecule has 3 heteroatoms. The molecular weight excluding hydrogens is 330 g/mol. The maximum atomic E-state index is 4.87. The molecule has 0 aliphatic heterocycles. The lowest BCUT2D eigenvalue weighted by molar-refractivity contribution is 1.47. The number of hydrogen-bond donors (Lipinski definition) is 0. The molecule has 1 nitrogen and oxygen atoms in total. The van der Waals surface area contributed by atoms with E-state index in [0.717, 1.165) is 5.52 Å². The maximum absolute atomic E-state index is 4.87. The van der Waals surface area contributed by atoms with E-state index in [1.165, 1.54) is 45.7 Å². The van der Waals surface area contributed by atoms with Crippen molar-refractivity contribution in [1.82, 2.24) is 4.98 Å². The van der Waals surface area contributed by atoms with Gasteiger partial charge in [0.05, 0.1) is 10.2 Å². The first-order chi connectivity index (χ1) is 11.9. The molecule has 0 bridgehead atoms. The van der Waals surface area contributed by atoms with Gasteiger partial charge in [-0.3, -0.25) is 4.98 Å². The molecule has 0 saturated carbocycles. The molecule has 0 radical (unpaired) electrons. The minimum atomic E-state index is 1.11. The number of benzene rings is 3. The zero-order chi connectivity index (χ0) is 15.7. The van der Waals surface area contributed by atoms with Crippen LogP contribution in [0, 0.1) is 0 Å². The van der Waals surface area contributed by atoms with E-state index in [2.05, 4.69) is 60.7 Å². The Hall–Kier alpha value is -2.49. The number of hydrogen-bond acceptors (Lipinski definition) is 3. The third-order valence-corrected chi connectivity index (χ3v) is 7.00. The average molecular weight is 341 g/mol. The van der Waals surface area contributed by atoms with Crippen molar-refractivity contribution in [1.29, 1.82) is 0 Å². The summed E-state index contributed by atoms with van der Waals surface area (Å²) in [4.78, 5) is 4.87. The van der Waals surface area contributed by atoms with E-state index in [0.29, 0.717) is 0 Å². The molecule has 0 fully saturated rings. The minimum Gasteiger partial charge on any atom is -0.254 e. The monoisotopic (exact) mass is 341 g/mol. The normalized spacial score (nSPS) is 12.2. The minimum absolute atomic E-state index is 1.11. The Morgan fingerprint density at radius 3 is 2.25 bits per heavy atom. The van der Waals surface area contributed by atoms with Crippen LogP contribution in [-0.2, 0) is 0 Å². The Bertz CT molecular complexity index is 1410. The van der Waals surface area contributed by atoms with Crippen molar-refractivity contribution in [3.8, 4) is 0 Å². The second-order valence-electron chi connectivity index (χ2n) is 6.04. The zero-order valence-electron chi connectivity index (χ0n) is 12.6. The second-order valence-corrected chi connectivity index (χ2v) is 8.17. The molecule has 0 amide bonds. The first kappa shape index (κ1) is 12.9. The smallest absolute Gasteiger partial charge is 0.0887 e. The Labute approximate surface area is 145 Å². The van der Waals surface area contributed by atoms with Crippen LogP contribution in [-0.4, -0.2) is 4.98 Å². The summed E-state index contributed by atoms with van der Waals surface area (Å²) in [6.07, 6.45) is 2.01. The summed E-state index contributed by atoms with van der Waals surface area (Å²) in [5, 5.41) is 6.50. The molecule has 6 rings (SSSR count). The van der Waals surface area contributed by atoms with Gasteiger partial charge in [0.25, 0.3) is 0 Å². The summed E-state index contributed by atoms with van der Waals surface area (Å²) in [5.41, 5.74) is 1.11. The highest BCUT2D eigenvalue weighted by atomic mass is 32.1. The number of rotatable bonds is 0. The lowest BCUT2D eigenvalue weighted by atomic mass is 10.1. The van der Waals surface area contributed by atoms with E-state index >= 15 is 0 Å². The van der Waals surface area contributed by atoms with Gasteiger partial charge in [-0.25, -0.2) is 0 Å². The van der Waals surface area contributed by atoms with Crippen molar-refractivity contribution in [2.24, 2.45) is 0 Å². The Morgan fingerprint density at radius 2 is 1.33 bits per heavy atom. The van der Waals surface area contributed by atoms with Gasteiger partial charge >= 0.3 is 0 Å². The maximum Gasteiger partial charge on any atom is 0.0887 e. The predicted octanol–water partition coefficient (Wildman–Crippen LogP) is 6.97. The van der Waals surface area contributed by atoms with E-state index in [1.54, 1.807) is 0 Å². The highest BCUT2D eigenvalue weighted by molar-refractivity contribution is 7.29. The summed E-state index contributed by atoms with van der Waals surface area (Å²) < 4.78 is 5.32. The first-order valence-corrected chi connectivity index (χ1v) is 9.54. The zero-order valence-corrected chi connectivity index (χ0v) is 14.2. The molecular formula is C21H11NS2. The number of pyridine rings is 1. The predicted molar refractivity (Wildman–Crippen MR) is 108 cm³/mol. The van der Waals surface area contributed by atoms with Gasteiger partial charge in [0, 0.05) is 47.2 Å². The summed E-state index contributed by atoms with van der Waals surface area (Å²) in [6.45, 7) is 0. The quantitative estimate of drug-likeness (QED) is 0.291. The van der Waals surface area contributed by atoms with Gasteiger partial charge in [-0.1, -0.05) is 42.5 Å². The Balaban J connectivity index is 2.08. The van der Waals surface area contributed by atoms with Crippen LogP contribution in [0.25, 0.3) is 51.2 Å². The molecule has 0 saturated heterocycles. The number of nitrogens with zero attached hydrogens (tertiary/aromatic N) is 1. The topological polar surface area (TPSA) is 12.9 Å². The van der Waals surface area contributed by atoms with Gasteiger partial charge in [-0.05, 0) is 18.2 Å². The molecule has 112 valence electrons. The third kappa shape index (κ3) is 1.56. The van der Waals surface area contributed by atoms with Crippen molar-refractivity contribution in [2.45, 2.75) is 0 Å². The molecule has 24 heavy (non-hydrogen) atoms. The molecule has 0 aliphatic rings. The molecule has 0 aliphatic carbocycles. The second kappa shape index (κ2) is 4.53. The van der Waals surface area contributed by atoms with E-state index in [9.17, 15) is 0 Å². The molecule has 0 atom stereocenters. The summed E-state index contributed by atoms with van der Waals surface area (Å²) >= 11 is 3.74. The molecule has 3 aromatic heterocycles. The van der Waals surface area contributed by atoms with Crippen molar-refractivity contribution < 1.29 is 0 Å². The standard InChI is InChI=1S/C21H11NS2/c1-2-6-13-12(5-1)11-22-20-14-7-3-8-15-18(14)19-16(23-15)9-4-10-17(19)24-21(13)20/h1-11H. The fraction of sp³-hybridized carbons (Fsp3) is 0. The van der Waals surface area contributed by atoms with E-state index < -0.39 is 0 Å². The molecule has 3 heterocycles. The van der Waals surface area contributed by atoms with Crippen LogP contribution in [0.5, 0.6) is 0 Å². The van der Waals surface area contributed by atoms with Crippen LogP contribution >= 0.6 is 22.7 Å². The molecule has 0 unspecified atom stereocenters. The fourth-order valence-corrected chi connectivity index (χ4v) is 6.12. The summed E-state index contributed by atoms with van der Waals surface area (Å²) in [6, 6.07) is 21.8. The van der Waals surface area contributed by atoms with Crippen LogP contribution in [0.3, 0.4) is 0 Å². The fourth-order valence-electron chi connectivity index (χ4n) is 3.66. The number of aromatic nitrogens is 1. The highest BCUT2D eigenvalue weighted by Gasteiger charge is 2.14. The van der Waals surface area contributed by atoms with Crippen LogP contribution in [0.15, 0.2) is 66.9 Å². The van der Waals surface area contributed by atoms with Crippen LogP contribution < -0.4 is 0 Å². The Morgan fingerprint density at radius 1 is 0.625 bits per heavy atom. The van der Waals surface area contributed by atoms with Crippen LogP contribution in [0.1, 0.15) is 0 Å². The summed E-state index contributed by atoms with van der Waals surface area (Å²) in [5.74, 6) is 0.